The van der Waals surface area contributed by atoms with Gasteiger partial charge in [-0.05, 0) is 44.9 Å². The zero-order valence-electron chi connectivity index (χ0n) is 11.9. The smallest absolute Gasteiger partial charge is 0.407 e. The van der Waals surface area contributed by atoms with E-state index in [1.807, 2.05) is 0 Å². The van der Waals surface area contributed by atoms with Crippen molar-refractivity contribution in [3.05, 3.63) is 28.8 Å². The Morgan fingerprint density at radius 3 is 2.70 bits per heavy atom. The van der Waals surface area contributed by atoms with Crippen molar-refractivity contribution < 1.29 is 14.6 Å². The summed E-state index contributed by atoms with van der Waals surface area (Å²) < 4.78 is 5.11. The Labute approximate surface area is 124 Å². The van der Waals surface area contributed by atoms with Crippen molar-refractivity contribution in [3.63, 3.8) is 0 Å². The zero-order chi connectivity index (χ0) is 15.3. The van der Waals surface area contributed by atoms with Crippen molar-refractivity contribution in [3.8, 4) is 5.75 Å². The minimum atomic E-state index is -0.533. The monoisotopic (exact) mass is 300 g/mol. The molecule has 0 saturated carbocycles. The lowest BCUT2D eigenvalue weighted by Gasteiger charge is -2.21. The van der Waals surface area contributed by atoms with Crippen molar-refractivity contribution in [2.45, 2.75) is 38.8 Å². The second-order valence-corrected chi connectivity index (χ2v) is 6.03. The molecule has 1 aromatic rings. The molecule has 1 unspecified atom stereocenters. The minimum Gasteiger partial charge on any atom is -0.508 e. The Hall–Kier alpha value is -1.46. The molecule has 0 spiro atoms. The van der Waals surface area contributed by atoms with E-state index in [2.05, 4.69) is 5.32 Å². The highest BCUT2D eigenvalue weighted by Gasteiger charge is 2.16. The van der Waals surface area contributed by atoms with Crippen LogP contribution in [-0.4, -0.2) is 29.4 Å². The van der Waals surface area contributed by atoms with Crippen LogP contribution < -0.4 is 11.1 Å². The van der Waals surface area contributed by atoms with Crippen LogP contribution in [0.5, 0.6) is 5.75 Å². The summed E-state index contributed by atoms with van der Waals surface area (Å²) in [5.74, 6) is 0.110. The highest BCUT2D eigenvalue weighted by molar-refractivity contribution is 6.31. The van der Waals surface area contributed by atoms with Gasteiger partial charge < -0.3 is 20.9 Å². The third kappa shape index (κ3) is 6.12. The third-order valence-corrected chi connectivity index (χ3v) is 2.78. The molecule has 1 atom stereocenters. The summed E-state index contributed by atoms with van der Waals surface area (Å²) in [6.45, 7) is 5.67. The molecule has 0 aliphatic rings. The minimum absolute atomic E-state index is 0.110. The van der Waals surface area contributed by atoms with E-state index >= 15 is 0 Å². The quantitative estimate of drug-likeness (QED) is 0.797. The van der Waals surface area contributed by atoms with Crippen LogP contribution >= 0.6 is 11.6 Å². The van der Waals surface area contributed by atoms with E-state index in [1.54, 1.807) is 32.9 Å². The average Bonchev–Trinajstić information content (AvgIpc) is 2.28. The normalized spacial score (nSPS) is 12.8. The molecule has 0 aliphatic heterocycles. The molecular formula is C14H21ClN2O3. The van der Waals surface area contributed by atoms with E-state index in [9.17, 15) is 9.90 Å². The predicted octanol–water partition coefficient (Wildman–Crippen LogP) is 2.44. The molecule has 0 saturated heterocycles. The number of aromatic hydroxyl groups is 1. The maximum Gasteiger partial charge on any atom is 0.407 e. The third-order valence-electron chi connectivity index (χ3n) is 2.43. The number of carbonyl (C=O) groups is 1. The average molecular weight is 301 g/mol. The summed E-state index contributed by atoms with van der Waals surface area (Å²) in [5, 5.41) is 12.3. The van der Waals surface area contributed by atoms with Crippen LogP contribution in [-0.2, 0) is 11.2 Å². The van der Waals surface area contributed by atoms with Crippen LogP contribution in [0.4, 0.5) is 4.79 Å². The number of hydrogen-bond acceptors (Lipinski definition) is 4. The molecule has 20 heavy (non-hydrogen) atoms. The standard InChI is InChI=1S/C14H21ClN2O3/c1-14(2,3)20-13(19)17-8-10(16)6-9-4-5-11(18)7-12(9)15/h4-5,7,10,18H,6,8,16H2,1-3H3,(H,17,19). The van der Waals surface area contributed by atoms with Gasteiger partial charge in [-0.25, -0.2) is 4.79 Å². The van der Waals surface area contributed by atoms with Crippen LogP contribution in [0.15, 0.2) is 18.2 Å². The number of nitrogens with one attached hydrogen (secondary N) is 1. The first kappa shape index (κ1) is 16.6. The number of ether oxygens (including phenoxy) is 1. The first-order valence-electron chi connectivity index (χ1n) is 6.37. The lowest BCUT2D eigenvalue weighted by Crippen LogP contribution is -2.41. The molecule has 0 heterocycles. The Bertz CT molecular complexity index is 472. The van der Waals surface area contributed by atoms with Gasteiger partial charge in [0.15, 0.2) is 0 Å². The van der Waals surface area contributed by atoms with E-state index < -0.39 is 11.7 Å². The number of hydrogen-bond donors (Lipinski definition) is 3. The summed E-state index contributed by atoms with van der Waals surface area (Å²) in [5.41, 5.74) is 6.22. The van der Waals surface area contributed by atoms with Gasteiger partial charge in [0.25, 0.3) is 0 Å². The molecule has 0 aliphatic carbocycles. The Kier molecular flexibility index (Phi) is 5.65. The molecule has 1 rings (SSSR count). The van der Waals surface area contributed by atoms with Gasteiger partial charge in [0.2, 0.25) is 0 Å². The largest absolute Gasteiger partial charge is 0.508 e. The van der Waals surface area contributed by atoms with Gasteiger partial charge in [-0.2, -0.15) is 0 Å². The number of alkyl carbamates (subject to hydrolysis) is 1. The first-order chi connectivity index (χ1) is 9.17. The molecule has 0 fully saturated rings. The van der Waals surface area contributed by atoms with E-state index in [0.717, 1.165) is 5.56 Å². The maximum atomic E-state index is 11.5. The fourth-order valence-corrected chi connectivity index (χ4v) is 1.84. The summed E-state index contributed by atoms with van der Waals surface area (Å²) in [6.07, 6.45) is -0.000647. The number of phenolic OH excluding ortho intramolecular Hbond substituents is 1. The Morgan fingerprint density at radius 2 is 2.15 bits per heavy atom. The Morgan fingerprint density at radius 1 is 1.50 bits per heavy atom. The lowest BCUT2D eigenvalue weighted by molar-refractivity contribution is 0.0524. The molecule has 112 valence electrons. The molecule has 6 heteroatoms. The number of amides is 1. The second-order valence-electron chi connectivity index (χ2n) is 5.62. The molecule has 1 aromatic carbocycles. The molecule has 1 amide bonds. The van der Waals surface area contributed by atoms with Crippen molar-refractivity contribution in [2.24, 2.45) is 5.73 Å². The number of phenols is 1. The van der Waals surface area contributed by atoms with Gasteiger partial charge in [0, 0.05) is 17.6 Å². The van der Waals surface area contributed by atoms with Gasteiger partial charge in [-0.1, -0.05) is 17.7 Å². The Balaban J connectivity index is 2.44. The summed E-state index contributed by atoms with van der Waals surface area (Å²) in [6, 6.07) is 4.44. The molecule has 4 N–H and O–H groups in total. The summed E-state index contributed by atoms with van der Waals surface area (Å²) >= 11 is 6.00. The van der Waals surface area contributed by atoms with E-state index in [1.165, 1.54) is 6.07 Å². The molecule has 0 bridgehead atoms. The first-order valence-corrected chi connectivity index (χ1v) is 6.75. The van der Waals surface area contributed by atoms with Crippen LogP contribution in [0, 0.1) is 0 Å². The topological polar surface area (TPSA) is 84.6 Å². The predicted molar refractivity (Wildman–Crippen MR) is 79.0 cm³/mol. The fourth-order valence-electron chi connectivity index (χ4n) is 1.59. The van der Waals surface area contributed by atoms with Gasteiger partial charge >= 0.3 is 6.09 Å². The van der Waals surface area contributed by atoms with E-state index in [-0.39, 0.29) is 18.3 Å². The van der Waals surface area contributed by atoms with E-state index in [0.29, 0.717) is 11.4 Å². The fraction of sp³-hybridized carbons (Fsp3) is 0.500. The molecule has 5 nitrogen and oxygen atoms in total. The number of halogens is 1. The summed E-state index contributed by atoms with van der Waals surface area (Å²) in [7, 11) is 0. The molecule has 0 radical (unpaired) electrons. The maximum absolute atomic E-state index is 11.5. The van der Waals surface area contributed by atoms with Crippen LogP contribution in [0.2, 0.25) is 5.02 Å². The van der Waals surface area contributed by atoms with Gasteiger partial charge in [-0.15, -0.1) is 0 Å². The number of carbonyl (C=O) groups excluding carboxylic acids is 1. The lowest BCUT2D eigenvalue weighted by atomic mass is 10.1. The summed E-state index contributed by atoms with van der Waals surface area (Å²) in [4.78, 5) is 11.5. The molecular weight excluding hydrogens is 280 g/mol. The van der Waals surface area contributed by atoms with Gasteiger partial charge in [0.05, 0.1) is 0 Å². The highest BCUT2D eigenvalue weighted by atomic mass is 35.5. The van der Waals surface area contributed by atoms with Crippen molar-refractivity contribution in [2.75, 3.05) is 6.54 Å². The van der Waals surface area contributed by atoms with Crippen LogP contribution in [0.25, 0.3) is 0 Å². The van der Waals surface area contributed by atoms with Crippen molar-refractivity contribution >= 4 is 17.7 Å². The van der Waals surface area contributed by atoms with E-state index in [4.69, 9.17) is 22.1 Å². The van der Waals surface area contributed by atoms with Crippen LogP contribution in [0.3, 0.4) is 0 Å². The number of nitrogens with two attached hydrogens (primary N) is 1. The zero-order valence-corrected chi connectivity index (χ0v) is 12.7. The second kappa shape index (κ2) is 6.81. The van der Waals surface area contributed by atoms with Crippen LogP contribution in [0.1, 0.15) is 26.3 Å². The number of rotatable bonds is 4. The number of benzene rings is 1. The van der Waals surface area contributed by atoms with Crippen molar-refractivity contribution in [1.29, 1.82) is 0 Å². The van der Waals surface area contributed by atoms with Crippen molar-refractivity contribution in [1.82, 2.24) is 5.32 Å². The van der Waals surface area contributed by atoms with Gasteiger partial charge in [-0.3, -0.25) is 0 Å². The molecule has 0 aromatic heterocycles. The van der Waals surface area contributed by atoms with Gasteiger partial charge in [0.1, 0.15) is 11.4 Å². The SMILES string of the molecule is CC(C)(C)OC(=O)NCC(N)Cc1ccc(O)cc1Cl. The highest BCUT2D eigenvalue weighted by Crippen LogP contribution is 2.22.